The van der Waals surface area contributed by atoms with Gasteiger partial charge in [-0.1, -0.05) is 30.1 Å². The maximum atomic E-state index is 12.3. The summed E-state index contributed by atoms with van der Waals surface area (Å²) in [5.74, 6) is 0.570. The fourth-order valence-electron chi connectivity index (χ4n) is 2.89. The Balaban J connectivity index is 1.66. The zero-order chi connectivity index (χ0) is 17.1. The van der Waals surface area contributed by atoms with E-state index in [9.17, 15) is 4.79 Å². The molecule has 1 aliphatic heterocycles. The van der Waals surface area contributed by atoms with E-state index in [4.69, 9.17) is 23.2 Å². The molecule has 1 aliphatic rings. The van der Waals surface area contributed by atoms with E-state index >= 15 is 0 Å². The van der Waals surface area contributed by atoms with Crippen LogP contribution in [0.2, 0.25) is 10.0 Å². The fourth-order valence-corrected chi connectivity index (χ4v) is 3.39. The highest BCUT2D eigenvalue weighted by Crippen LogP contribution is 2.25. The molecule has 0 saturated carbocycles. The zero-order valence-electron chi connectivity index (χ0n) is 13.6. The first-order valence-corrected chi connectivity index (χ1v) is 8.90. The molecule has 126 valence electrons. The van der Waals surface area contributed by atoms with E-state index in [0.29, 0.717) is 15.6 Å². The number of carbonyl (C=O) groups is 1. The predicted molar refractivity (Wildman–Crippen MR) is 101 cm³/mol. The third kappa shape index (κ3) is 4.03. The molecular weight excluding hydrogens is 343 g/mol. The molecule has 2 aromatic rings. The summed E-state index contributed by atoms with van der Waals surface area (Å²) in [6.07, 6.45) is 2.46. The summed E-state index contributed by atoms with van der Waals surface area (Å²) >= 11 is 11.9. The number of halogens is 2. The standard InChI is InChI=1S/C19H20Cl2N2O/c1-13-8-10-23(11-9-13)16-5-3-15(4-6-16)22-19(24)17-7-2-14(20)12-18(17)21/h2-7,12-13H,8-11H2,1H3,(H,22,24). The highest BCUT2D eigenvalue weighted by Gasteiger charge is 2.16. The number of benzene rings is 2. The maximum Gasteiger partial charge on any atom is 0.257 e. The number of carbonyl (C=O) groups excluding carboxylic acids is 1. The van der Waals surface area contributed by atoms with Crippen molar-refractivity contribution in [3.05, 3.63) is 58.1 Å². The number of hydrogen-bond acceptors (Lipinski definition) is 2. The molecule has 0 unspecified atom stereocenters. The van der Waals surface area contributed by atoms with Gasteiger partial charge in [0.2, 0.25) is 0 Å². The molecule has 0 bridgehead atoms. The van der Waals surface area contributed by atoms with Crippen LogP contribution in [0.1, 0.15) is 30.1 Å². The van der Waals surface area contributed by atoms with Gasteiger partial charge in [0.15, 0.2) is 0 Å². The lowest BCUT2D eigenvalue weighted by molar-refractivity contribution is 0.102. The van der Waals surface area contributed by atoms with Crippen LogP contribution in [0.3, 0.4) is 0 Å². The van der Waals surface area contributed by atoms with Crippen molar-refractivity contribution in [3.8, 4) is 0 Å². The molecule has 0 atom stereocenters. The molecule has 24 heavy (non-hydrogen) atoms. The number of hydrogen-bond donors (Lipinski definition) is 1. The van der Waals surface area contributed by atoms with Gasteiger partial charge < -0.3 is 10.2 Å². The second-order valence-electron chi connectivity index (χ2n) is 6.29. The smallest absolute Gasteiger partial charge is 0.257 e. The Labute approximate surface area is 152 Å². The topological polar surface area (TPSA) is 32.3 Å². The molecule has 5 heteroatoms. The van der Waals surface area contributed by atoms with Crippen molar-refractivity contribution < 1.29 is 4.79 Å². The molecule has 0 spiro atoms. The van der Waals surface area contributed by atoms with Gasteiger partial charge in [0.05, 0.1) is 10.6 Å². The third-order valence-electron chi connectivity index (χ3n) is 4.45. The van der Waals surface area contributed by atoms with Crippen LogP contribution in [0.5, 0.6) is 0 Å². The van der Waals surface area contributed by atoms with Crippen molar-refractivity contribution in [2.24, 2.45) is 5.92 Å². The van der Waals surface area contributed by atoms with Crippen LogP contribution in [0.4, 0.5) is 11.4 Å². The van der Waals surface area contributed by atoms with Gasteiger partial charge in [0.1, 0.15) is 0 Å². The quantitative estimate of drug-likeness (QED) is 0.783. The van der Waals surface area contributed by atoms with Crippen LogP contribution in [-0.4, -0.2) is 19.0 Å². The molecule has 1 N–H and O–H groups in total. The van der Waals surface area contributed by atoms with Crippen molar-refractivity contribution in [2.75, 3.05) is 23.3 Å². The van der Waals surface area contributed by atoms with Gasteiger partial charge in [-0.05, 0) is 61.2 Å². The van der Waals surface area contributed by atoms with Gasteiger partial charge in [0.25, 0.3) is 5.91 Å². The monoisotopic (exact) mass is 362 g/mol. The van der Waals surface area contributed by atoms with Gasteiger partial charge in [-0.3, -0.25) is 4.79 Å². The van der Waals surface area contributed by atoms with Crippen LogP contribution in [0.15, 0.2) is 42.5 Å². The molecule has 0 radical (unpaired) electrons. The highest BCUT2D eigenvalue weighted by atomic mass is 35.5. The Hall–Kier alpha value is -1.71. The van der Waals surface area contributed by atoms with Crippen LogP contribution in [-0.2, 0) is 0 Å². The van der Waals surface area contributed by atoms with Crippen molar-refractivity contribution in [1.29, 1.82) is 0 Å². The first kappa shape index (κ1) is 17.1. The van der Waals surface area contributed by atoms with Gasteiger partial charge in [0, 0.05) is 29.5 Å². The number of nitrogens with zero attached hydrogens (tertiary/aromatic N) is 1. The molecule has 0 aromatic heterocycles. The van der Waals surface area contributed by atoms with Crippen molar-refractivity contribution >= 4 is 40.5 Å². The van der Waals surface area contributed by atoms with E-state index in [-0.39, 0.29) is 5.91 Å². The minimum atomic E-state index is -0.240. The molecule has 2 aromatic carbocycles. The predicted octanol–water partition coefficient (Wildman–Crippen LogP) is 5.48. The van der Waals surface area contributed by atoms with Crippen LogP contribution in [0.25, 0.3) is 0 Å². The normalized spacial score (nSPS) is 15.4. The minimum absolute atomic E-state index is 0.240. The Morgan fingerprint density at radius 2 is 1.75 bits per heavy atom. The summed E-state index contributed by atoms with van der Waals surface area (Å²) in [4.78, 5) is 14.7. The summed E-state index contributed by atoms with van der Waals surface area (Å²) < 4.78 is 0. The second-order valence-corrected chi connectivity index (χ2v) is 7.14. The van der Waals surface area contributed by atoms with E-state index in [2.05, 4.69) is 29.3 Å². The Morgan fingerprint density at radius 3 is 2.38 bits per heavy atom. The number of nitrogens with one attached hydrogen (secondary N) is 1. The van der Waals surface area contributed by atoms with E-state index in [1.807, 2.05) is 12.1 Å². The van der Waals surface area contributed by atoms with E-state index in [1.165, 1.54) is 18.5 Å². The lowest BCUT2D eigenvalue weighted by Gasteiger charge is -2.32. The summed E-state index contributed by atoms with van der Waals surface area (Å²) in [5, 5.41) is 3.73. The Bertz CT molecular complexity index is 723. The highest BCUT2D eigenvalue weighted by molar-refractivity contribution is 6.37. The van der Waals surface area contributed by atoms with Gasteiger partial charge >= 0.3 is 0 Å². The largest absolute Gasteiger partial charge is 0.372 e. The molecule has 1 fully saturated rings. The lowest BCUT2D eigenvalue weighted by atomic mass is 9.99. The first-order valence-electron chi connectivity index (χ1n) is 8.14. The van der Waals surface area contributed by atoms with Gasteiger partial charge in [-0.25, -0.2) is 0 Å². The van der Waals surface area contributed by atoms with E-state index in [0.717, 1.165) is 24.7 Å². The Morgan fingerprint density at radius 1 is 1.08 bits per heavy atom. The zero-order valence-corrected chi connectivity index (χ0v) is 15.1. The molecule has 0 aliphatic carbocycles. The molecule has 3 nitrogen and oxygen atoms in total. The fraction of sp³-hybridized carbons (Fsp3) is 0.316. The van der Waals surface area contributed by atoms with Crippen molar-refractivity contribution in [2.45, 2.75) is 19.8 Å². The SMILES string of the molecule is CC1CCN(c2ccc(NC(=O)c3ccc(Cl)cc3Cl)cc2)CC1. The minimum Gasteiger partial charge on any atom is -0.372 e. The van der Waals surface area contributed by atoms with E-state index < -0.39 is 0 Å². The van der Waals surface area contributed by atoms with Crippen LogP contribution in [0, 0.1) is 5.92 Å². The van der Waals surface area contributed by atoms with Crippen LogP contribution < -0.4 is 10.2 Å². The molecule has 1 saturated heterocycles. The number of piperidine rings is 1. The summed E-state index contributed by atoms with van der Waals surface area (Å²) in [6.45, 7) is 4.48. The Kier molecular flexibility index (Phi) is 5.32. The molecular formula is C19H20Cl2N2O. The van der Waals surface area contributed by atoms with Crippen molar-refractivity contribution in [1.82, 2.24) is 0 Å². The summed E-state index contributed by atoms with van der Waals surface area (Å²) in [6, 6.07) is 12.8. The summed E-state index contributed by atoms with van der Waals surface area (Å²) in [7, 11) is 0. The summed E-state index contributed by atoms with van der Waals surface area (Å²) in [5.41, 5.74) is 2.36. The van der Waals surface area contributed by atoms with Crippen molar-refractivity contribution in [3.63, 3.8) is 0 Å². The number of anilines is 2. The average Bonchev–Trinajstić information content (AvgIpc) is 2.56. The molecule has 1 amide bonds. The molecule has 1 heterocycles. The molecule has 3 rings (SSSR count). The van der Waals surface area contributed by atoms with Gasteiger partial charge in [-0.2, -0.15) is 0 Å². The average molecular weight is 363 g/mol. The maximum absolute atomic E-state index is 12.3. The third-order valence-corrected chi connectivity index (χ3v) is 5.00. The number of amides is 1. The first-order chi connectivity index (χ1) is 11.5. The number of rotatable bonds is 3. The second kappa shape index (κ2) is 7.45. The van der Waals surface area contributed by atoms with Gasteiger partial charge in [-0.15, -0.1) is 0 Å². The van der Waals surface area contributed by atoms with Crippen LogP contribution >= 0.6 is 23.2 Å². The van der Waals surface area contributed by atoms with E-state index in [1.54, 1.807) is 18.2 Å². The lowest BCUT2D eigenvalue weighted by Crippen LogP contribution is -2.32.